The molecule has 6 aliphatic rings. The second kappa shape index (κ2) is 10.5. The summed E-state index contributed by atoms with van der Waals surface area (Å²) in [5, 5.41) is 0. The zero-order valence-electron chi connectivity index (χ0n) is 25.7. The van der Waals surface area contributed by atoms with Crippen molar-refractivity contribution >= 4 is 11.3 Å². The molecule has 222 valence electrons. The maximum Gasteiger partial charge on any atom is 0.142 e. The minimum Gasteiger partial charge on any atom is -0.486 e. The SMILES string of the molecule is C1=C(c2ccccc2)OC2=C(C3C4(c5ccccc5)CC3(c3ccccc3)C3=C(CCCC3)O4)CCCC2=C1c1ccccc1. The molecule has 3 heterocycles. The molecule has 2 nitrogen and oxygen atoms in total. The zero-order chi connectivity index (χ0) is 29.8. The van der Waals surface area contributed by atoms with Gasteiger partial charge in [-0.25, -0.2) is 0 Å². The van der Waals surface area contributed by atoms with Gasteiger partial charge in [-0.3, -0.25) is 0 Å². The molecule has 3 aliphatic heterocycles. The molecule has 4 aromatic rings. The molecule has 3 atom stereocenters. The highest BCUT2D eigenvalue weighted by Crippen LogP contribution is 2.73. The molecule has 1 fully saturated rings. The fraction of sp³-hybridized carbons (Fsp3) is 0.256. The van der Waals surface area contributed by atoms with Gasteiger partial charge in [0.15, 0.2) is 0 Å². The Morgan fingerprint density at radius 1 is 0.578 bits per heavy atom. The van der Waals surface area contributed by atoms with Gasteiger partial charge in [0.05, 0.1) is 5.76 Å². The van der Waals surface area contributed by atoms with Crippen molar-refractivity contribution in [1.29, 1.82) is 0 Å². The van der Waals surface area contributed by atoms with Crippen LogP contribution in [0.3, 0.4) is 0 Å². The Kier molecular flexibility index (Phi) is 6.27. The molecule has 3 aliphatic carbocycles. The highest BCUT2D eigenvalue weighted by Gasteiger charge is 2.72. The number of benzene rings is 4. The van der Waals surface area contributed by atoms with Crippen molar-refractivity contribution in [3.05, 3.63) is 178 Å². The van der Waals surface area contributed by atoms with Crippen LogP contribution < -0.4 is 0 Å². The van der Waals surface area contributed by atoms with E-state index in [4.69, 9.17) is 9.47 Å². The Hall–Kier alpha value is -4.56. The van der Waals surface area contributed by atoms with E-state index in [0.717, 1.165) is 55.6 Å². The van der Waals surface area contributed by atoms with E-state index in [2.05, 4.69) is 127 Å². The first-order valence-corrected chi connectivity index (χ1v) is 16.8. The third kappa shape index (κ3) is 4.01. The predicted molar refractivity (Wildman–Crippen MR) is 181 cm³/mol. The summed E-state index contributed by atoms with van der Waals surface area (Å²) < 4.78 is 14.6. The first-order valence-electron chi connectivity index (χ1n) is 16.8. The molecule has 2 heteroatoms. The monoisotopic (exact) mass is 586 g/mol. The largest absolute Gasteiger partial charge is 0.486 e. The fourth-order valence-electron chi connectivity index (χ4n) is 9.26. The number of fused-ring (bicyclic) bond motifs is 1. The van der Waals surface area contributed by atoms with Crippen molar-refractivity contribution in [2.45, 2.75) is 62.4 Å². The van der Waals surface area contributed by atoms with Gasteiger partial charge < -0.3 is 9.47 Å². The number of hydrogen-bond donors (Lipinski definition) is 0. The van der Waals surface area contributed by atoms with E-state index in [1.165, 1.54) is 52.0 Å². The maximum atomic E-state index is 7.40. The predicted octanol–water partition coefficient (Wildman–Crippen LogP) is 10.7. The van der Waals surface area contributed by atoms with Gasteiger partial charge in [0.25, 0.3) is 0 Å². The molecule has 45 heavy (non-hydrogen) atoms. The molecule has 0 radical (unpaired) electrons. The molecular weight excluding hydrogens is 548 g/mol. The third-order valence-corrected chi connectivity index (χ3v) is 11.1. The standard InChI is InChI=1S/C43H38O2/c1-5-16-30(17-6-1)36-28-39(31-18-7-2-8-19-31)44-40-34(36)24-15-25-35(40)41-42(32-20-9-3-10-21-32)29-43(41,33-22-11-4-12-23-33)45-38-27-14-13-26-37(38)42/h1-12,16-23,28,41H,13-15,24-27,29H2. The van der Waals surface area contributed by atoms with Gasteiger partial charge in [-0.05, 0) is 78.0 Å². The summed E-state index contributed by atoms with van der Waals surface area (Å²) in [6.45, 7) is 0. The number of rotatable bonds is 5. The summed E-state index contributed by atoms with van der Waals surface area (Å²) in [4.78, 5) is 0. The van der Waals surface area contributed by atoms with Crippen molar-refractivity contribution in [3.8, 4) is 0 Å². The molecule has 2 bridgehead atoms. The lowest BCUT2D eigenvalue weighted by Crippen LogP contribution is -2.68. The van der Waals surface area contributed by atoms with Gasteiger partial charge in [-0.1, -0.05) is 121 Å². The summed E-state index contributed by atoms with van der Waals surface area (Å²) >= 11 is 0. The van der Waals surface area contributed by atoms with Gasteiger partial charge in [0.2, 0.25) is 0 Å². The Bertz CT molecular complexity index is 1880. The van der Waals surface area contributed by atoms with Crippen molar-refractivity contribution in [1.82, 2.24) is 0 Å². The van der Waals surface area contributed by atoms with E-state index >= 15 is 0 Å². The van der Waals surface area contributed by atoms with Gasteiger partial charge in [-0.15, -0.1) is 0 Å². The van der Waals surface area contributed by atoms with Crippen molar-refractivity contribution in [2.24, 2.45) is 5.92 Å². The van der Waals surface area contributed by atoms with Gasteiger partial charge in [0, 0.05) is 35.3 Å². The van der Waals surface area contributed by atoms with Crippen LogP contribution in [0.1, 0.15) is 73.6 Å². The maximum absolute atomic E-state index is 7.40. The molecule has 0 saturated heterocycles. The van der Waals surface area contributed by atoms with E-state index in [0.29, 0.717) is 0 Å². The summed E-state index contributed by atoms with van der Waals surface area (Å²) in [7, 11) is 0. The minimum atomic E-state index is -0.414. The van der Waals surface area contributed by atoms with Gasteiger partial charge >= 0.3 is 0 Å². The topological polar surface area (TPSA) is 18.5 Å². The lowest BCUT2D eigenvalue weighted by molar-refractivity contribution is -0.185. The van der Waals surface area contributed by atoms with E-state index < -0.39 is 5.60 Å². The van der Waals surface area contributed by atoms with Crippen LogP contribution in [0.5, 0.6) is 0 Å². The molecule has 3 unspecified atom stereocenters. The molecular formula is C43H38O2. The Morgan fingerprint density at radius 3 is 1.91 bits per heavy atom. The van der Waals surface area contributed by atoms with E-state index in [1.807, 2.05) is 0 Å². The van der Waals surface area contributed by atoms with Crippen LogP contribution in [0.25, 0.3) is 11.3 Å². The van der Waals surface area contributed by atoms with Crippen LogP contribution in [-0.2, 0) is 20.5 Å². The Balaban J connectivity index is 1.32. The first kappa shape index (κ1) is 26.8. The summed E-state index contributed by atoms with van der Waals surface area (Å²) in [6.07, 6.45) is 11.0. The number of ether oxygens (including phenoxy) is 2. The molecule has 10 rings (SSSR count). The molecule has 0 N–H and O–H groups in total. The quantitative estimate of drug-likeness (QED) is 0.232. The lowest BCUT2D eigenvalue weighted by Gasteiger charge is -2.68. The number of allylic oxidation sites excluding steroid dienone is 5. The lowest BCUT2D eigenvalue weighted by atomic mass is 9.40. The fourth-order valence-corrected chi connectivity index (χ4v) is 9.26. The molecule has 0 aromatic heterocycles. The highest BCUT2D eigenvalue weighted by atomic mass is 16.5. The van der Waals surface area contributed by atoms with Crippen LogP contribution in [0.4, 0.5) is 0 Å². The molecule has 0 amide bonds. The molecule has 0 spiro atoms. The van der Waals surface area contributed by atoms with Crippen molar-refractivity contribution in [3.63, 3.8) is 0 Å². The average molecular weight is 587 g/mol. The third-order valence-electron chi connectivity index (χ3n) is 11.1. The first-order chi connectivity index (χ1) is 22.3. The van der Waals surface area contributed by atoms with E-state index in [-0.39, 0.29) is 11.3 Å². The minimum absolute atomic E-state index is 0.0970. The second-order valence-corrected chi connectivity index (χ2v) is 13.4. The summed E-state index contributed by atoms with van der Waals surface area (Å²) in [5.41, 5.74) is 10.2. The van der Waals surface area contributed by atoms with Crippen LogP contribution >= 0.6 is 0 Å². The van der Waals surface area contributed by atoms with E-state index in [1.54, 1.807) is 5.57 Å². The highest BCUT2D eigenvalue weighted by molar-refractivity contribution is 5.88. The zero-order valence-corrected chi connectivity index (χ0v) is 25.7. The Morgan fingerprint density at radius 2 is 1.20 bits per heavy atom. The number of hydrogen-bond acceptors (Lipinski definition) is 2. The Labute approximate surface area is 266 Å². The van der Waals surface area contributed by atoms with E-state index in [9.17, 15) is 0 Å². The smallest absolute Gasteiger partial charge is 0.142 e. The summed E-state index contributed by atoms with van der Waals surface area (Å²) in [6, 6.07) is 44.0. The van der Waals surface area contributed by atoms with Crippen LogP contribution in [0, 0.1) is 5.92 Å². The normalized spacial score (nSPS) is 27.0. The molecule has 4 aromatic carbocycles. The average Bonchev–Trinajstić information content (AvgIpc) is 3.12. The molecule has 1 saturated carbocycles. The second-order valence-electron chi connectivity index (χ2n) is 13.4. The van der Waals surface area contributed by atoms with Crippen LogP contribution in [0.2, 0.25) is 0 Å². The summed E-state index contributed by atoms with van der Waals surface area (Å²) in [5.74, 6) is 3.44. The van der Waals surface area contributed by atoms with Gasteiger partial charge in [0.1, 0.15) is 17.1 Å². The van der Waals surface area contributed by atoms with Crippen molar-refractivity contribution in [2.75, 3.05) is 0 Å². The van der Waals surface area contributed by atoms with Crippen molar-refractivity contribution < 1.29 is 9.47 Å². The van der Waals surface area contributed by atoms with Gasteiger partial charge in [-0.2, -0.15) is 0 Å². The van der Waals surface area contributed by atoms with Crippen LogP contribution in [0.15, 0.2) is 156 Å². The van der Waals surface area contributed by atoms with Crippen LogP contribution in [-0.4, -0.2) is 0 Å².